The molecule has 90 valence electrons. The van der Waals surface area contributed by atoms with E-state index in [2.05, 4.69) is 23.1 Å². The number of nitrogens with zero attached hydrogens (tertiary/aromatic N) is 1. The van der Waals surface area contributed by atoms with Gasteiger partial charge in [-0.15, -0.1) is 0 Å². The summed E-state index contributed by atoms with van der Waals surface area (Å²) >= 11 is 0. The Balaban J connectivity index is 2.11. The summed E-state index contributed by atoms with van der Waals surface area (Å²) < 4.78 is 4.87. The summed E-state index contributed by atoms with van der Waals surface area (Å²) in [4.78, 5) is 13.4. The fraction of sp³-hybridized carbons (Fsp3) is 0.357. The Morgan fingerprint density at radius 2 is 2.29 bits per heavy atom. The highest BCUT2D eigenvalue weighted by Gasteiger charge is 2.13. The molecular formula is C14H17NO2. The highest BCUT2D eigenvalue weighted by Crippen LogP contribution is 2.26. The molecule has 1 heterocycles. The second kappa shape index (κ2) is 5.53. The normalized spacial score (nSPS) is 14.8. The van der Waals surface area contributed by atoms with Crippen molar-refractivity contribution in [3.05, 3.63) is 42.1 Å². The third-order valence-electron chi connectivity index (χ3n) is 2.82. The zero-order chi connectivity index (χ0) is 12.1. The number of rotatable bonds is 3. The third-order valence-corrected chi connectivity index (χ3v) is 2.82. The fourth-order valence-corrected chi connectivity index (χ4v) is 2.06. The van der Waals surface area contributed by atoms with Gasteiger partial charge >= 0.3 is 5.97 Å². The van der Waals surface area contributed by atoms with E-state index in [1.165, 1.54) is 17.3 Å². The van der Waals surface area contributed by atoms with E-state index in [4.69, 9.17) is 4.74 Å². The molecule has 3 heteroatoms. The Morgan fingerprint density at radius 1 is 1.47 bits per heavy atom. The van der Waals surface area contributed by atoms with Crippen molar-refractivity contribution in [2.75, 3.05) is 18.1 Å². The van der Waals surface area contributed by atoms with Crippen molar-refractivity contribution < 1.29 is 9.53 Å². The number of anilines is 1. The van der Waals surface area contributed by atoms with E-state index in [1.807, 2.05) is 19.2 Å². The van der Waals surface area contributed by atoms with Crippen LogP contribution in [0, 0.1) is 0 Å². The van der Waals surface area contributed by atoms with Gasteiger partial charge in [0, 0.05) is 24.5 Å². The fourth-order valence-electron chi connectivity index (χ4n) is 2.06. The van der Waals surface area contributed by atoms with Gasteiger partial charge in [0.25, 0.3) is 0 Å². The van der Waals surface area contributed by atoms with E-state index >= 15 is 0 Å². The highest BCUT2D eigenvalue weighted by atomic mass is 16.5. The van der Waals surface area contributed by atoms with Crippen LogP contribution in [0.4, 0.5) is 5.69 Å². The van der Waals surface area contributed by atoms with Gasteiger partial charge in [-0.05, 0) is 31.4 Å². The molecule has 2 rings (SSSR count). The van der Waals surface area contributed by atoms with Gasteiger partial charge < -0.3 is 9.64 Å². The molecule has 17 heavy (non-hydrogen) atoms. The van der Waals surface area contributed by atoms with Crippen molar-refractivity contribution in [1.29, 1.82) is 0 Å². The van der Waals surface area contributed by atoms with Gasteiger partial charge in [0.15, 0.2) is 0 Å². The Kier molecular flexibility index (Phi) is 3.81. The monoisotopic (exact) mass is 231 g/mol. The number of benzene rings is 1. The Bertz CT molecular complexity index is 426. The van der Waals surface area contributed by atoms with Crippen LogP contribution < -0.4 is 4.90 Å². The highest BCUT2D eigenvalue weighted by molar-refractivity contribution is 5.82. The number of aryl methyl sites for hydroxylation is 1. The first-order valence-corrected chi connectivity index (χ1v) is 6.00. The van der Waals surface area contributed by atoms with Crippen LogP contribution >= 0.6 is 0 Å². The predicted octanol–water partition coefficient (Wildman–Crippen LogP) is 2.52. The molecule has 0 aliphatic carbocycles. The third kappa shape index (κ3) is 2.87. The van der Waals surface area contributed by atoms with Crippen LogP contribution in [0.25, 0.3) is 0 Å². The first kappa shape index (κ1) is 11.7. The van der Waals surface area contributed by atoms with Crippen LogP contribution in [0.15, 0.2) is 36.5 Å². The molecule has 0 amide bonds. The lowest BCUT2D eigenvalue weighted by Crippen LogP contribution is -2.24. The number of hydrogen-bond acceptors (Lipinski definition) is 3. The summed E-state index contributed by atoms with van der Waals surface area (Å²) in [6.45, 7) is 3.18. The molecule has 0 bridgehead atoms. The Labute approximate surface area is 102 Å². The lowest BCUT2D eigenvalue weighted by molar-refractivity contribution is -0.137. The van der Waals surface area contributed by atoms with Crippen molar-refractivity contribution >= 4 is 11.7 Å². The molecule has 1 aliphatic rings. The predicted molar refractivity (Wildman–Crippen MR) is 67.9 cm³/mol. The molecule has 0 radical (unpaired) electrons. The maximum absolute atomic E-state index is 11.3. The molecule has 0 spiro atoms. The summed E-state index contributed by atoms with van der Waals surface area (Å²) in [6.07, 6.45) is 5.53. The van der Waals surface area contributed by atoms with Gasteiger partial charge in [-0.25, -0.2) is 4.79 Å². The Morgan fingerprint density at radius 3 is 3.12 bits per heavy atom. The molecule has 0 saturated carbocycles. The molecule has 0 N–H and O–H groups in total. The number of carbonyl (C=O) groups excluding carboxylic acids is 1. The average molecular weight is 231 g/mol. The van der Waals surface area contributed by atoms with Crippen LogP contribution in [0.1, 0.15) is 18.9 Å². The van der Waals surface area contributed by atoms with E-state index in [1.54, 1.807) is 0 Å². The number of carbonyl (C=O) groups is 1. The lowest BCUT2D eigenvalue weighted by Gasteiger charge is -2.27. The van der Waals surface area contributed by atoms with Gasteiger partial charge in [-0.2, -0.15) is 0 Å². The summed E-state index contributed by atoms with van der Waals surface area (Å²) in [7, 11) is 0. The molecule has 1 aromatic carbocycles. The zero-order valence-corrected chi connectivity index (χ0v) is 10.1. The van der Waals surface area contributed by atoms with E-state index in [9.17, 15) is 4.79 Å². The summed E-state index contributed by atoms with van der Waals surface area (Å²) in [5.41, 5.74) is 2.53. The smallest absolute Gasteiger partial charge is 0.332 e. The summed E-state index contributed by atoms with van der Waals surface area (Å²) in [5, 5.41) is 0. The number of hydrogen-bond donors (Lipinski definition) is 0. The first-order chi connectivity index (χ1) is 8.31. The van der Waals surface area contributed by atoms with Gasteiger partial charge in [0.05, 0.1) is 6.61 Å². The lowest BCUT2D eigenvalue weighted by atomic mass is 10.0. The van der Waals surface area contributed by atoms with Crippen LogP contribution in [0.5, 0.6) is 0 Å². The minimum absolute atomic E-state index is 0.282. The van der Waals surface area contributed by atoms with Crippen molar-refractivity contribution in [2.24, 2.45) is 0 Å². The van der Waals surface area contributed by atoms with Crippen LogP contribution in [-0.2, 0) is 16.0 Å². The largest absolute Gasteiger partial charge is 0.463 e. The van der Waals surface area contributed by atoms with Crippen molar-refractivity contribution in [3.63, 3.8) is 0 Å². The minimum Gasteiger partial charge on any atom is -0.463 e. The number of esters is 1. The molecule has 0 saturated heterocycles. The molecule has 1 aliphatic heterocycles. The van der Waals surface area contributed by atoms with Gasteiger partial charge in [-0.1, -0.05) is 18.2 Å². The van der Waals surface area contributed by atoms with E-state index < -0.39 is 0 Å². The molecule has 0 aromatic heterocycles. The maximum atomic E-state index is 11.3. The standard InChI is InChI=1S/C14H17NO2/c1-2-17-14(16)9-11-15-10-5-7-12-6-3-4-8-13(12)15/h3-4,6,8-9,11H,2,5,7,10H2,1H3/b11-9+. The number of fused-ring (bicyclic) bond motifs is 1. The van der Waals surface area contributed by atoms with E-state index in [-0.39, 0.29) is 5.97 Å². The quantitative estimate of drug-likeness (QED) is 0.591. The SMILES string of the molecule is CCOC(=O)/C=C/N1CCCc2ccccc21. The van der Waals surface area contributed by atoms with Gasteiger partial charge in [-0.3, -0.25) is 0 Å². The number of ether oxygens (including phenoxy) is 1. The molecule has 0 atom stereocenters. The second-order valence-electron chi connectivity index (χ2n) is 3.99. The van der Waals surface area contributed by atoms with E-state index in [0.29, 0.717) is 6.61 Å². The minimum atomic E-state index is -0.282. The molecule has 1 aromatic rings. The zero-order valence-electron chi connectivity index (χ0n) is 10.1. The molecule has 0 unspecified atom stereocenters. The number of para-hydroxylation sites is 1. The topological polar surface area (TPSA) is 29.5 Å². The van der Waals surface area contributed by atoms with Gasteiger partial charge in [0.2, 0.25) is 0 Å². The van der Waals surface area contributed by atoms with Crippen LogP contribution in [-0.4, -0.2) is 19.1 Å². The van der Waals surface area contributed by atoms with Gasteiger partial charge in [0.1, 0.15) is 0 Å². The molecule has 3 nitrogen and oxygen atoms in total. The molecular weight excluding hydrogens is 214 g/mol. The van der Waals surface area contributed by atoms with Crippen molar-refractivity contribution in [3.8, 4) is 0 Å². The maximum Gasteiger partial charge on any atom is 0.332 e. The average Bonchev–Trinajstić information content (AvgIpc) is 2.36. The second-order valence-corrected chi connectivity index (χ2v) is 3.99. The van der Waals surface area contributed by atoms with Crippen molar-refractivity contribution in [1.82, 2.24) is 0 Å². The van der Waals surface area contributed by atoms with Crippen molar-refractivity contribution in [2.45, 2.75) is 19.8 Å². The molecule has 0 fully saturated rings. The van der Waals surface area contributed by atoms with Crippen LogP contribution in [0.2, 0.25) is 0 Å². The summed E-state index contributed by atoms with van der Waals surface area (Å²) in [6, 6.07) is 8.30. The van der Waals surface area contributed by atoms with E-state index in [0.717, 1.165) is 19.4 Å². The summed E-state index contributed by atoms with van der Waals surface area (Å²) in [5.74, 6) is -0.282. The first-order valence-electron chi connectivity index (χ1n) is 6.00. The van der Waals surface area contributed by atoms with Crippen LogP contribution in [0.3, 0.4) is 0 Å². The Hall–Kier alpha value is -1.77.